The van der Waals surface area contributed by atoms with Gasteiger partial charge in [-0.3, -0.25) is 0 Å². The lowest BCUT2D eigenvalue weighted by Crippen LogP contribution is -2.44. The van der Waals surface area contributed by atoms with E-state index in [-0.39, 0.29) is 0 Å². The van der Waals surface area contributed by atoms with E-state index in [1.54, 1.807) is 0 Å². The lowest BCUT2D eigenvalue weighted by molar-refractivity contribution is 0.325. The Morgan fingerprint density at radius 3 is 2.12 bits per heavy atom. The molecule has 1 saturated heterocycles. The van der Waals surface area contributed by atoms with Crippen LogP contribution in [0.25, 0.3) is 0 Å². The zero-order chi connectivity index (χ0) is 11.8. The van der Waals surface area contributed by atoms with Crippen LogP contribution in [0.4, 0.5) is 0 Å². The van der Waals surface area contributed by atoms with Gasteiger partial charge in [0.15, 0.2) is 0 Å². The molecule has 1 N–H and O–H groups in total. The predicted octanol–water partition coefficient (Wildman–Crippen LogP) is 1.59. The Kier molecular flexibility index (Phi) is 3.59. The molecule has 0 amide bonds. The molecule has 3 unspecified atom stereocenters. The van der Waals surface area contributed by atoms with Crippen LogP contribution < -0.4 is 5.32 Å². The highest BCUT2D eigenvalue weighted by atomic mass is 32.2. The maximum atomic E-state index is 11.3. The van der Waals surface area contributed by atoms with E-state index in [0.29, 0.717) is 23.6 Å². The summed E-state index contributed by atoms with van der Waals surface area (Å²) in [5, 5.41) is 3.67. The monoisotopic (exact) mass is 245 g/mol. The maximum absolute atomic E-state index is 11.3. The van der Waals surface area contributed by atoms with Gasteiger partial charge in [0, 0.05) is 12.1 Å². The molecular formula is C12H23NO2S. The molecule has 2 aliphatic rings. The largest absolute Gasteiger partial charge is 0.311 e. The Balaban J connectivity index is 1.83. The summed E-state index contributed by atoms with van der Waals surface area (Å²) in [5.74, 6) is 2.30. The third-order valence-corrected chi connectivity index (χ3v) is 6.19. The molecule has 1 heterocycles. The van der Waals surface area contributed by atoms with Crippen LogP contribution in [-0.4, -0.2) is 32.0 Å². The second kappa shape index (κ2) is 4.65. The molecular weight excluding hydrogens is 222 g/mol. The number of hydrogen-bond acceptors (Lipinski definition) is 3. The third kappa shape index (κ3) is 2.77. The van der Waals surface area contributed by atoms with E-state index >= 15 is 0 Å². The van der Waals surface area contributed by atoms with Crippen molar-refractivity contribution in [2.24, 2.45) is 11.8 Å². The minimum Gasteiger partial charge on any atom is -0.311 e. The van der Waals surface area contributed by atoms with Crippen LogP contribution in [0.1, 0.15) is 39.5 Å². The van der Waals surface area contributed by atoms with E-state index in [4.69, 9.17) is 0 Å². The van der Waals surface area contributed by atoms with Crippen LogP contribution in [0.15, 0.2) is 0 Å². The molecule has 2 rings (SSSR count). The van der Waals surface area contributed by atoms with Crippen LogP contribution in [-0.2, 0) is 9.84 Å². The van der Waals surface area contributed by atoms with Gasteiger partial charge in [-0.15, -0.1) is 0 Å². The topological polar surface area (TPSA) is 46.2 Å². The molecule has 0 bridgehead atoms. The smallest absolute Gasteiger partial charge is 0.150 e. The van der Waals surface area contributed by atoms with Crippen molar-refractivity contribution in [2.45, 2.75) is 51.6 Å². The molecule has 0 aromatic rings. The van der Waals surface area contributed by atoms with Gasteiger partial charge in [-0.25, -0.2) is 8.42 Å². The van der Waals surface area contributed by atoms with Crippen molar-refractivity contribution >= 4 is 9.84 Å². The first-order valence-electron chi connectivity index (χ1n) is 6.44. The van der Waals surface area contributed by atoms with Crippen LogP contribution >= 0.6 is 0 Å². The van der Waals surface area contributed by atoms with Gasteiger partial charge in [0.1, 0.15) is 9.84 Å². The first-order chi connectivity index (χ1) is 7.48. The van der Waals surface area contributed by atoms with E-state index in [1.165, 1.54) is 12.8 Å². The summed E-state index contributed by atoms with van der Waals surface area (Å²) in [6, 6.07) is 1.04. The first kappa shape index (κ1) is 12.4. The van der Waals surface area contributed by atoms with Crippen LogP contribution in [0, 0.1) is 11.8 Å². The Hall–Kier alpha value is -0.0900. The summed E-state index contributed by atoms with van der Waals surface area (Å²) in [4.78, 5) is 0. The second-order valence-corrected chi connectivity index (χ2v) is 7.92. The van der Waals surface area contributed by atoms with E-state index in [2.05, 4.69) is 19.2 Å². The average molecular weight is 245 g/mol. The molecule has 0 aromatic carbocycles. The first-order valence-corrected chi connectivity index (χ1v) is 8.26. The van der Waals surface area contributed by atoms with Crippen LogP contribution in [0.5, 0.6) is 0 Å². The molecule has 3 atom stereocenters. The summed E-state index contributed by atoms with van der Waals surface area (Å²) in [6.07, 6.45) is 4.18. The SMILES string of the molecule is CC1CCC(NC2CCS(=O)(=O)CC2)C1C. The van der Waals surface area contributed by atoms with E-state index in [0.717, 1.165) is 24.7 Å². The fraction of sp³-hybridized carbons (Fsp3) is 1.00. The van der Waals surface area contributed by atoms with E-state index in [9.17, 15) is 8.42 Å². The summed E-state index contributed by atoms with van der Waals surface area (Å²) in [6.45, 7) is 4.63. The van der Waals surface area contributed by atoms with Crippen LogP contribution in [0.2, 0.25) is 0 Å². The molecule has 94 valence electrons. The molecule has 2 fully saturated rings. The summed E-state index contributed by atoms with van der Waals surface area (Å²) >= 11 is 0. The van der Waals surface area contributed by atoms with E-state index < -0.39 is 9.84 Å². The molecule has 1 saturated carbocycles. The summed E-state index contributed by atoms with van der Waals surface area (Å²) < 4.78 is 22.6. The normalized spacial score (nSPS) is 40.0. The molecule has 0 spiro atoms. The highest BCUT2D eigenvalue weighted by molar-refractivity contribution is 7.91. The van der Waals surface area contributed by atoms with Crippen molar-refractivity contribution in [3.05, 3.63) is 0 Å². The minimum absolute atomic E-state index is 0.376. The van der Waals surface area contributed by atoms with Gasteiger partial charge < -0.3 is 5.32 Å². The van der Waals surface area contributed by atoms with Gasteiger partial charge in [0.2, 0.25) is 0 Å². The Morgan fingerprint density at radius 2 is 1.62 bits per heavy atom. The molecule has 16 heavy (non-hydrogen) atoms. The molecule has 3 nitrogen and oxygen atoms in total. The van der Waals surface area contributed by atoms with Crippen molar-refractivity contribution in [2.75, 3.05) is 11.5 Å². The maximum Gasteiger partial charge on any atom is 0.150 e. The van der Waals surface area contributed by atoms with Crippen molar-refractivity contribution in [3.63, 3.8) is 0 Å². The molecule has 0 aromatic heterocycles. The molecule has 4 heteroatoms. The number of hydrogen-bond donors (Lipinski definition) is 1. The lowest BCUT2D eigenvalue weighted by Gasteiger charge is -2.29. The standard InChI is InChI=1S/C12H23NO2S/c1-9-3-4-12(10(9)2)13-11-5-7-16(14,15)8-6-11/h9-13H,3-8H2,1-2H3. The third-order valence-electron chi connectivity index (χ3n) is 4.47. The van der Waals surface area contributed by atoms with Gasteiger partial charge in [-0.05, 0) is 37.5 Å². The van der Waals surface area contributed by atoms with E-state index in [1.807, 2.05) is 0 Å². The van der Waals surface area contributed by atoms with Crippen molar-refractivity contribution in [3.8, 4) is 0 Å². The summed E-state index contributed by atoms with van der Waals surface area (Å²) in [7, 11) is -2.71. The zero-order valence-electron chi connectivity index (χ0n) is 10.3. The van der Waals surface area contributed by atoms with Gasteiger partial charge in [-0.2, -0.15) is 0 Å². The predicted molar refractivity (Wildman–Crippen MR) is 66.2 cm³/mol. The number of rotatable bonds is 2. The molecule has 1 aliphatic carbocycles. The Morgan fingerprint density at radius 1 is 1.00 bits per heavy atom. The summed E-state index contributed by atoms with van der Waals surface area (Å²) in [5.41, 5.74) is 0. The highest BCUT2D eigenvalue weighted by Crippen LogP contribution is 2.32. The lowest BCUT2D eigenvalue weighted by atomic mass is 9.97. The van der Waals surface area contributed by atoms with Gasteiger partial charge >= 0.3 is 0 Å². The fourth-order valence-electron chi connectivity index (χ4n) is 2.96. The van der Waals surface area contributed by atoms with Gasteiger partial charge in [0.25, 0.3) is 0 Å². The van der Waals surface area contributed by atoms with Crippen LogP contribution in [0.3, 0.4) is 0 Å². The van der Waals surface area contributed by atoms with Crippen molar-refractivity contribution in [1.29, 1.82) is 0 Å². The zero-order valence-corrected chi connectivity index (χ0v) is 11.1. The van der Waals surface area contributed by atoms with Gasteiger partial charge in [-0.1, -0.05) is 13.8 Å². The number of sulfone groups is 1. The van der Waals surface area contributed by atoms with Crippen molar-refractivity contribution in [1.82, 2.24) is 5.32 Å². The highest BCUT2D eigenvalue weighted by Gasteiger charge is 2.32. The average Bonchev–Trinajstić information content (AvgIpc) is 2.53. The fourth-order valence-corrected chi connectivity index (χ4v) is 4.45. The Labute approximate surface area is 98.9 Å². The molecule has 0 radical (unpaired) electrons. The van der Waals surface area contributed by atoms with Gasteiger partial charge in [0.05, 0.1) is 11.5 Å². The van der Waals surface area contributed by atoms with Crippen molar-refractivity contribution < 1.29 is 8.42 Å². The number of nitrogens with one attached hydrogen (secondary N) is 1. The minimum atomic E-state index is -2.71. The second-order valence-electron chi connectivity index (χ2n) is 5.61. The molecule has 1 aliphatic heterocycles. The Bertz CT molecular complexity index is 325. The quantitative estimate of drug-likeness (QED) is 0.803.